The van der Waals surface area contributed by atoms with Crippen molar-refractivity contribution >= 4 is 17.4 Å². The topological polar surface area (TPSA) is 58.1 Å². The predicted molar refractivity (Wildman–Crippen MR) is 101 cm³/mol. The molecular weight excluding hydrogens is 332 g/mol. The molecule has 1 saturated heterocycles. The zero-order chi connectivity index (χ0) is 17.5. The van der Waals surface area contributed by atoms with Gasteiger partial charge in [-0.1, -0.05) is 6.07 Å². The molecule has 2 aromatic heterocycles. The number of nitrogens with one attached hydrogen (secondary N) is 1. The van der Waals surface area contributed by atoms with Gasteiger partial charge in [0.05, 0.1) is 11.2 Å². The Bertz CT molecular complexity index is 673. The van der Waals surface area contributed by atoms with Crippen LogP contribution in [0.2, 0.25) is 0 Å². The minimum Gasteiger partial charge on any atom is -0.338 e. The predicted octanol–water partition coefficient (Wildman–Crippen LogP) is 3.59. The average molecular weight is 359 g/mol. The highest BCUT2D eigenvalue weighted by molar-refractivity contribution is 7.09. The summed E-state index contributed by atoms with van der Waals surface area (Å²) in [6, 6.07) is 6.42. The fraction of sp³-hybridized carbons (Fsp3) is 0.526. The summed E-state index contributed by atoms with van der Waals surface area (Å²) in [6.45, 7) is 3.55. The zero-order valence-electron chi connectivity index (χ0n) is 14.8. The molecule has 3 rings (SSSR count). The van der Waals surface area contributed by atoms with E-state index in [1.165, 1.54) is 11.3 Å². The van der Waals surface area contributed by atoms with Crippen molar-refractivity contribution in [2.75, 3.05) is 13.1 Å². The van der Waals surface area contributed by atoms with E-state index >= 15 is 0 Å². The summed E-state index contributed by atoms with van der Waals surface area (Å²) in [5.74, 6) is 0. The van der Waals surface area contributed by atoms with Crippen LogP contribution < -0.4 is 5.32 Å². The maximum Gasteiger partial charge on any atom is 0.317 e. The number of aromatic nitrogens is 2. The normalized spacial score (nSPS) is 17.5. The number of rotatable bonds is 6. The van der Waals surface area contributed by atoms with Crippen LogP contribution in [0.3, 0.4) is 0 Å². The monoisotopic (exact) mass is 358 g/mol. The molecule has 5 nitrogen and oxygen atoms in total. The first-order chi connectivity index (χ1) is 12.2. The SMILES string of the molecule is Cc1ncsc1CCNC(=O)N1CCCC[C@H]1CCc1ccccn1. The third-order valence-corrected chi connectivity index (χ3v) is 5.82. The van der Waals surface area contributed by atoms with Crippen molar-refractivity contribution in [3.8, 4) is 0 Å². The standard InChI is InChI=1S/C19H26N4OS/c1-15-18(25-14-22-15)10-12-21-19(24)23-13-5-3-7-17(23)9-8-16-6-2-4-11-20-16/h2,4,6,11,14,17H,3,5,7-10,12-13H2,1H3,(H,21,24)/t17-/m0/s1. The van der Waals surface area contributed by atoms with Crippen LogP contribution >= 0.6 is 11.3 Å². The van der Waals surface area contributed by atoms with Gasteiger partial charge in [0.25, 0.3) is 0 Å². The largest absolute Gasteiger partial charge is 0.338 e. The zero-order valence-corrected chi connectivity index (χ0v) is 15.6. The number of thiazole rings is 1. The number of piperidine rings is 1. The van der Waals surface area contributed by atoms with Crippen molar-refractivity contribution in [3.63, 3.8) is 0 Å². The quantitative estimate of drug-likeness (QED) is 0.858. The lowest BCUT2D eigenvalue weighted by Crippen LogP contribution is -2.49. The molecule has 0 spiro atoms. The molecule has 1 aliphatic heterocycles. The summed E-state index contributed by atoms with van der Waals surface area (Å²) in [7, 11) is 0. The van der Waals surface area contributed by atoms with Crippen molar-refractivity contribution in [1.82, 2.24) is 20.2 Å². The molecule has 0 radical (unpaired) electrons. The Morgan fingerprint density at radius 3 is 3.00 bits per heavy atom. The lowest BCUT2D eigenvalue weighted by atomic mass is 9.97. The fourth-order valence-corrected chi connectivity index (χ4v) is 4.16. The first-order valence-electron chi connectivity index (χ1n) is 9.07. The van der Waals surface area contributed by atoms with Gasteiger partial charge in [-0.15, -0.1) is 11.3 Å². The Morgan fingerprint density at radius 1 is 1.32 bits per heavy atom. The molecule has 1 fully saturated rings. The van der Waals surface area contributed by atoms with Gasteiger partial charge in [0.2, 0.25) is 0 Å². The van der Waals surface area contributed by atoms with Crippen molar-refractivity contribution < 1.29 is 4.79 Å². The third kappa shape index (κ3) is 5.01. The van der Waals surface area contributed by atoms with Crippen LogP contribution in [0, 0.1) is 6.92 Å². The molecule has 2 aromatic rings. The van der Waals surface area contributed by atoms with Gasteiger partial charge in [-0.05, 0) is 51.2 Å². The van der Waals surface area contributed by atoms with E-state index in [0.29, 0.717) is 12.6 Å². The van der Waals surface area contributed by atoms with Crippen molar-refractivity contribution in [2.24, 2.45) is 0 Å². The molecule has 3 heterocycles. The van der Waals surface area contributed by atoms with Crippen LogP contribution in [0.5, 0.6) is 0 Å². The van der Waals surface area contributed by atoms with Crippen LogP contribution in [-0.4, -0.2) is 40.0 Å². The van der Waals surface area contributed by atoms with E-state index in [2.05, 4.69) is 21.4 Å². The first kappa shape index (κ1) is 17.9. The van der Waals surface area contributed by atoms with E-state index in [4.69, 9.17) is 0 Å². The van der Waals surface area contributed by atoms with Gasteiger partial charge in [0.15, 0.2) is 0 Å². The number of aryl methyl sites for hydroxylation is 2. The number of amides is 2. The number of carbonyl (C=O) groups is 1. The Morgan fingerprint density at radius 2 is 2.24 bits per heavy atom. The van der Waals surface area contributed by atoms with Gasteiger partial charge in [-0.2, -0.15) is 0 Å². The van der Waals surface area contributed by atoms with Crippen LogP contribution in [0.25, 0.3) is 0 Å². The first-order valence-corrected chi connectivity index (χ1v) is 9.95. The second-order valence-electron chi connectivity index (χ2n) is 6.55. The Hall–Kier alpha value is -1.95. The van der Waals surface area contributed by atoms with E-state index in [1.54, 1.807) is 11.3 Å². The molecule has 2 amide bonds. The van der Waals surface area contributed by atoms with Gasteiger partial charge < -0.3 is 10.2 Å². The van der Waals surface area contributed by atoms with Crippen molar-refractivity contribution in [2.45, 2.75) is 51.5 Å². The van der Waals surface area contributed by atoms with Gasteiger partial charge in [0.1, 0.15) is 0 Å². The molecule has 0 aromatic carbocycles. The second kappa shape index (κ2) is 8.94. The molecule has 0 saturated carbocycles. The molecule has 6 heteroatoms. The molecular formula is C19H26N4OS. The molecule has 134 valence electrons. The van der Waals surface area contributed by atoms with Crippen LogP contribution in [0.15, 0.2) is 29.9 Å². The van der Waals surface area contributed by atoms with E-state index in [1.807, 2.05) is 35.7 Å². The molecule has 0 unspecified atom stereocenters. The summed E-state index contributed by atoms with van der Waals surface area (Å²) >= 11 is 1.66. The van der Waals surface area contributed by atoms with E-state index in [9.17, 15) is 4.79 Å². The number of pyridine rings is 1. The van der Waals surface area contributed by atoms with Gasteiger partial charge in [0, 0.05) is 42.3 Å². The van der Waals surface area contributed by atoms with Crippen LogP contribution in [-0.2, 0) is 12.8 Å². The number of carbonyl (C=O) groups excluding carboxylic acids is 1. The molecule has 1 N–H and O–H groups in total. The van der Waals surface area contributed by atoms with Crippen LogP contribution in [0.1, 0.15) is 41.9 Å². The fourth-order valence-electron chi connectivity index (χ4n) is 3.38. The number of urea groups is 1. The maximum atomic E-state index is 12.6. The van der Waals surface area contributed by atoms with Crippen molar-refractivity contribution in [3.05, 3.63) is 46.2 Å². The summed E-state index contributed by atoms with van der Waals surface area (Å²) in [5.41, 5.74) is 4.05. The maximum absolute atomic E-state index is 12.6. The van der Waals surface area contributed by atoms with Crippen molar-refractivity contribution in [1.29, 1.82) is 0 Å². The molecule has 25 heavy (non-hydrogen) atoms. The Kier molecular flexibility index (Phi) is 6.39. The Labute approximate surface area is 153 Å². The number of nitrogens with zero attached hydrogens (tertiary/aromatic N) is 3. The third-order valence-electron chi connectivity index (χ3n) is 4.82. The molecule has 1 aliphatic rings. The lowest BCUT2D eigenvalue weighted by molar-refractivity contribution is 0.146. The van der Waals surface area contributed by atoms with E-state index < -0.39 is 0 Å². The van der Waals surface area contributed by atoms with Crippen LogP contribution in [0.4, 0.5) is 4.79 Å². The Balaban J connectivity index is 1.49. The highest BCUT2D eigenvalue weighted by Gasteiger charge is 2.26. The van der Waals surface area contributed by atoms with E-state index in [-0.39, 0.29) is 6.03 Å². The highest BCUT2D eigenvalue weighted by atomic mass is 32.1. The van der Waals surface area contributed by atoms with Gasteiger partial charge >= 0.3 is 6.03 Å². The van der Waals surface area contributed by atoms with Gasteiger partial charge in [-0.3, -0.25) is 4.98 Å². The summed E-state index contributed by atoms with van der Waals surface area (Å²) < 4.78 is 0. The summed E-state index contributed by atoms with van der Waals surface area (Å²) in [4.78, 5) is 24.6. The number of hydrogen-bond donors (Lipinski definition) is 1. The lowest BCUT2D eigenvalue weighted by Gasteiger charge is -2.35. The summed E-state index contributed by atoms with van der Waals surface area (Å²) in [5, 5.41) is 3.10. The number of hydrogen-bond acceptors (Lipinski definition) is 4. The molecule has 0 aliphatic carbocycles. The molecule has 1 atom stereocenters. The van der Waals surface area contributed by atoms with E-state index in [0.717, 1.165) is 50.0 Å². The number of likely N-dealkylation sites (tertiary alicyclic amines) is 1. The average Bonchev–Trinajstić information content (AvgIpc) is 3.06. The smallest absolute Gasteiger partial charge is 0.317 e. The minimum absolute atomic E-state index is 0.0767. The second-order valence-corrected chi connectivity index (χ2v) is 7.48. The minimum atomic E-state index is 0.0767. The highest BCUT2D eigenvalue weighted by Crippen LogP contribution is 2.21. The summed E-state index contributed by atoms with van der Waals surface area (Å²) in [6.07, 6.45) is 8.00. The van der Waals surface area contributed by atoms with Gasteiger partial charge in [-0.25, -0.2) is 9.78 Å². The molecule has 0 bridgehead atoms.